The van der Waals surface area contributed by atoms with E-state index in [2.05, 4.69) is 67.6 Å². The summed E-state index contributed by atoms with van der Waals surface area (Å²) in [5, 5.41) is 26.9. The molecular weight excluding hydrogens is 472 g/mol. The second-order valence-electron chi connectivity index (χ2n) is 9.94. The van der Waals surface area contributed by atoms with Gasteiger partial charge in [-0.2, -0.15) is 0 Å². The van der Waals surface area contributed by atoms with Crippen LogP contribution in [0.5, 0.6) is 0 Å². The van der Waals surface area contributed by atoms with Crippen LogP contribution >= 0.6 is 0 Å². The highest BCUT2D eigenvalue weighted by atomic mass is 16.4. The summed E-state index contributed by atoms with van der Waals surface area (Å²) in [5.74, 6) is -1.96. The van der Waals surface area contributed by atoms with E-state index in [1.165, 1.54) is 28.6 Å². The lowest BCUT2D eigenvalue weighted by Crippen LogP contribution is -2.05. The highest BCUT2D eigenvalue weighted by Gasteiger charge is 2.24. The van der Waals surface area contributed by atoms with Crippen molar-refractivity contribution < 1.29 is 19.8 Å². The molecule has 0 amide bonds. The lowest BCUT2D eigenvalue weighted by molar-refractivity contribution is 0.0684. The molecule has 9 aromatic rings. The van der Waals surface area contributed by atoms with Crippen molar-refractivity contribution in [1.82, 2.24) is 0 Å². The Kier molecular flexibility index (Phi) is 4.70. The summed E-state index contributed by atoms with van der Waals surface area (Å²) >= 11 is 0. The van der Waals surface area contributed by atoms with Crippen molar-refractivity contribution in [2.24, 2.45) is 0 Å². The number of carbonyl (C=O) groups is 2. The average molecular weight is 495 g/mol. The first-order chi connectivity index (χ1) is 18.4. The molecule has 0 radical (unpaired) electrons. The molecule has 4 heteroatoms. The summed E-state index contributed by atoms with van der Waals surface area (Å²) in [6.07, 6.45) is 0. The van der Waals surface area contributed by atoms with Crippen LogP contribution < -0.4 is 0 Å². The number of fused-ring (bicyclic) bond motifs is 4. The maximum Gasteiger partial charge on any atom is 0.336 e. The molecule has 0 aliphatic heterocycles. The average Bonchev–Trinajstić information content (AvgIpc) is 2.96. The highest BCUT2D eigenvalue weighted by Crippen LogP contribution is 2.46. The zero-order valence-corrected chi connectivity index (χ0v) is 20.5. The number of aromatic carboxylic acids is 2. The Labute approximate surface area is 218 Å². The van der Waals surface area contributed by atoms with Crippen LogP contribution in [0.2, 0.25) is 0 Å². The molecule has 0 aromatic heterocycles. The summed E-state index contributed by atoms with van der Waals surface area (Å²) in [4.78, 5) is 24.3. The van der Waals surface area contributed by atoms with Crippen LogP contribution in [0.25, 0.3) is 54.2 Å². The van der Waals surface area contributed by atoms with Gasteiger partial charge in [0.1, 0.15) is 0 Å². The summed E-state index contributed by atoms with van der Waals surface area (Å²) in [6, 6.07) is 32.0. The van der Waals surface area contributed by atoms with Crippen LogP contribution in [0.15, 0.2) is 97.1 Å². The van der Waals surface area contributed by atoms with Crippen LogP contribution in [0.4, 0.5) is 0 Å². The van der Waals surface area contributed by atoms with Crippen molar-refractivity contribution in [3.05, 3.63) is 119 Å². The zero-order valence-electron chi connectivity index (χ0n) is 20.5. The molecule has 182 valence electrons. The third-order valence-corrected chi connectivity index (χ3v) is 8.00. The van der Waals surface area contributed by atoms with Crippen LogP contribution in [-0.2, 0) is 0 Å². The molecule has 0 saturated heterocycles. The Balaban J connectivity index is 1.57. The summed E-state index contributed by atoms with van der Waals surface area (Å²) in [6.45, 7) is 2.23. The van der Waals surface area contributed by atoms with E-state index < -0.39 is 11.9 Å². The fraction of sp³-hybridized carbons (Fsp3) is 0.0588. The number of carboxylic acid groups (broad SMARTS) is 2. The van der Waals surface area contributed by atoms with E-state index in [0.717, 1.165) is 32.7 Å². The van der Waals surface area contributed by atoms with Crippen molar-refractivity contribution in [2.75, 3.05) is 0 Å². The Hall–Kier alpha value is -4.96. The molecule has 0 saturated carbocycles. The van der Waals surface area contributed by atoms with Gasteiger partial charge in [-0.05, 0) is 72.8 Å². The second kappa shape index (κ2) is 8.02. The minimum Gasteiger partial charge on any atom is -0.478 e. The maximum atomic E-state index is 12.2. The Morgan fingerprint density at radius 3 is 1.84 bits per heavy atom. The van der Waals surface area contributed by atoms with E-state index in [1.54, 1.807) is 0 Å². The summed E-state index contributed by atoms with van der Waals surface area (Å²) < 4.78 is 0. The van der Waals surface area contributed by atoms with Crippen molar-refractivity contribution in [2.45, 2.75) is 12.8 Å². The SMILES string of the molecule is CC(c1ccccc1)c1ccc(-c2cc3ccc2c2c(C(=O)O)ccc(C(=O)O)c32)c2c3ccc(cc3)c12. The van der Waals surface area contributed by atoms with Crippen molar-refractivity contribution in [3.63, 3.8) is 0 Å². The molecular formula is C34H22O4. The first kappa shape index (κ1) is 22.3. The fourth-order valence-electron chi connectivity index (χ4n) is 6.22. The molecule has 0 aliphatic carbocycles. The van der Waals surface area contributed by atoms with Crippen molar-refractivity contribution in [1.29, 1.82) is 0 Å². The zero-order chi connectivity index (χ0) is 26.1. The van der Waals surface area contributed by atoms with Gasteiger partial charge in [0.25, 0.3) is 0 Å². The van der Waals surface area contributed by atoms with Gasteiger partial charge in [-0.1, -0.05) is 85.8 Å². The summed E-state index contributed by atoms with van der Waals surface area (Å²) in [7, 11) is 0. The lowest BCUT2D eigenvalue weighted by atomic mass is 9.81. The maximum absolute atomic E-state index is 12.2. The van der Waals surface area contributed by atoms with E-state index >= 15 is 0 Å². The lowest BCUT2D eigenvalue weighted by Gasteiger charge is -2.22. The van der Waals surface area contributed by atoms with Crippen LogP contribution in [0, 0.1) is 0 Å². The topological polar surface area (TPSA) is 74.6 Å². The third kappa shape index (κ3) is 3.04. The molecule has 9 rings (SSSR count). The van der Waals surface area contributed by atoms with Gasteiger partial charge < -0.3 is 10.2 Å². The molecule has 0 aliphatic rings. The molecule has 9 aromatic carbocycles. The minimum absolute atomic E-state index is 0.110. The molecule has 2 N–H and O–H groups in total. The fourth-order valence-corrected chi connectivity index (χ4v) is 6.22. The third-order valence-electron chi connectivity index (χ3n) is 8.00. The van der Waals surface area contributed by atoms with Crippen molar-refractivity contribution in [3.8, 4) is 11.1 Å². The molecule has 4 bridgehead atoms. The monoisotopic (exact) mass is 494 g/mol. The first-order valence-corrected chi connectivity index (χ1v) is 12.6. The molecule has 38 heavy (non-hydrogen) atoms. The van der Waals surface area contributed by atoms with Gasteiger partial charge in [0, 0.05) is 16.7 Å². The Bertz CT molecular complexity index is 2020. The molecule has 0 spiro atoms. The predicted molar refractivity (Wildman–Crippen MR) is 152 cm³/mol. The van der Waals surface area contributed by atoms with Crippen molar-refractivity contribution >= 4 is 55.0 Å². The Morgan fingerprint density at radius 2 is 1.18 bits per heavy atom. The van der Waals surface area contributed by atoms with E-state index in [-0.39, 0.29) is 17.0 Å². The van der Waals surface area contributed by atoms with E-state index in [0.29, 0.717) is 16.2 Å². The van der Waals surface area contributed by atoms with E-state index in [9.17, 15) is 19.8 Å². The minimum atomic E-state index is -1.07. The van der Waals surface area contributed by atoms with Gasteiger partial charge >= 0.3 is 11.9 Å². The molecule has 1 atom stereocenters. The number of benzene rings is 9. The van der Waals surface area contributed by atoms with Gasteiger partial charge in [-0.3, -0.25) is 0 Å². The summed E-state index contributed by atoms with van der Waals surface area (Å²) in [5.41, 5.74) is 4.64. The number of hydrogen-bond acceptors (Lipinski definition) is 2. The van der Waals surface area contributed by atoms with Gasteiger partial charge in [-0.25, -0.2) is 9.59 Å². The molecule has 4 nitrogen and oxygen atoms in total. The first-order valence-electron chi connectivity index (χ1n) is 12.6. The largest absolute Gasteiger partial charge is 0.478 e. The smallest absolute Gasteiger partial charge is 0.336 e. The number of hydrogen-bond donors (Lipinski definition) is 2. The number of carboxylic acids is 2. The molecule has 1 unspecified atom stereocenters. The quantitative estimate of drug-likeness (QED) is 0.252. The molecule has 0 fully saturated rings. The van der Waals surface area contributed by atoms with E-state index in [1.807, 2.05) is 24.3 Å². The van der Waals surface area contributed by atoms with Crippen LogP contribution in [0.3, 0.4) is 0 Å². The van der Waals surface area contributed by atoms with Gasteiger partial charge in [0.15, 0.2) is 0 Å². The van der Waals surface area contributed by atoms with Gasteiger partial charge in [-0.15, -0.1) is 0 Å². The number of rotatable bonds is 5. The second-order valence-corrected chi connectivity index (χ2v) is 9.94. The predicted octanol–water partition coefficient (Wildman–Crippen LogP) is 8.39. The standard InChI is InChI=1S/C34H22O4/c1-18(19-5-3-2-4-6-19)23-13-14-24(30-21-9-7-20(8-10-21)29(23)30)28-17-22-11-12-25(28)32-27(34(37)38)16-15-26(31(22)32)33(35)36/h2-18H,1H3,(H,35,36)(H,37,38). The van der Waals surface area contributed by atoms with E-state index in [4.69, 9.17) is 0 Å². The van der Waals surface area contributed by atoms with Crippen LogP contribution in [0.1, 0.15) is 44.7 Å². The normalized spacial score (nSPS) is 12.7. The highest BCUT2D eigenvalue weighted by molar-refractivity contribution is 6.28. The molecule has 0 heterocycles. The van der Waals surface area contributed by atoms with Gasteiger partial charge in [0.2, 0.25) is 0 Å². The van der Waals surface area contributed by atoms with Crippen LogP contribution in [-0.4, -0.2) is 22.2 Å². The Morgan fingerprint density at radius 1 is 0.579 bits per heavy atom. The van der Waals surface area contributed by atoms with Gasteiger partial charge in [0.05, 0.1) is 11.1 Å².